The Bertz CT molecular complexity index is 2620. The first-order chi connectivity index (χ1) is 41.1. The second-order valence-corrected chi connectivity index (χ2v) is 24.5. The van der Waals surface area contributed by atoms with E-state index in [1.54, 1.807) is 36.3 Å². The zero-order valence-electron chi connectivity index (χ0n) is 54.1. The second kappa shape index (κ2) is 36.9. The SMILES string of the molecule is CCC(C)(C)C(=O)OC1CCN(C(=O)/C=C/c2ccc(OC)cc2)CC1.CCCCCCOc1ccc(/C=C/C(=O)N2CCC(OC(=O)C(C)(C)CC)CC2)cc1.CCCCOc1ccc(/C=C/C(=O)N2CCC(OC(=O)C(C)(C)CC)CC2)cc1. The Labute approximate surface area is 515 Å². The zero-order chi connectivity index (χ0) is 63.1. The van der Waals surface area contributed by atoms with Gasteiger partial charge in [-0.25, -0.2) is 0 Å². The number of piperidine rings is 3. The van der Waals surface area contributed by atoms with E-state index in [-0.39, 0.29) is 53.9 Å². The quantitative estimate of drug-likeness (QED) is 0.0323. The number of benzene rings is 3. The van der Waals surface area contributed by atoms with Crippen LogP contribution < -0.4 is 14.2 Å². The summed E-state index contributed by atoms with van der Waals surface area (Å²) in [6.45, 7) is 26.8. The van der Waals surface area contributed by atoms with Gasteiger partial charge < -0.3 is 43.1 Å². The lowest BCUT2D eigenvalue weighted by Gasteiger charge is -2.33. The van der Waals surface area contributed by atoms with Gasteiger partial charge in [-0.3, -0.25) is 28.8 Å². The minimum absolute atomic E-state index is 0.00471. The van der Waals surface area contributed by atoms with Crippen LogP contribution in [0.1, 0.15) is 189 Å². The lowest BCUT2D eigenvalue weighted by atomic mass is 9.90. The molecule has 3 aromatic rings. The molecule has 6 rings (SSSR count). The minimum Gasteiger partial charge on any atom is -0.497 e. The normalized spacial score (nSPS) is 15.6. The summed E-state index contributed by atoms with van der Waals surface area (Å²) in [5.41, 5.74) is 1.53. The van der Waals surface area contributed by atoms with Crippen molar-refractivity contribution in [3.05, 3.63) is 108 Å². The number of likely N-dealkylation sites (tertiary alicyclic amines) is 3. The fourth-order valence-corrected chi connectivity index (χ4v) is 8.89. The molecule has 474 valence electrons. The summed E-state index contributed by atoms with van der Waals surface area (Å²) in [4.78, 5) is 79.3. The number of rotatable bonds is 26. The number of methoxy groups -OCH3 is 1. The molecule has 3 amide bonds. The molecule has 86 heavy (non-hydrogen) atoms. The maximum atomic E-state index is 12.5. The van der Waals surface area contributed by atoms with Crippen LogP contribution in [0.25, 0.3) is 18.2 Å². The van der Waals surface area contributed by atoms with E-state index in [0.29, 0.717) is 77.8 Å². The fourth-order valence-electron chi connectivity index (χ4n) is 8.89. The summed E-state index contributed by atoms with van der Waals surface area (Å²) in [6, 6.07) is 23.1. The summed E-state index contributed by atoms with van der Waals surface area (Å²) in [7, 11) is 1.62. The number of esters is 3. The highest BCUT2D eigenvalue weighted by Gasteiger charge is 2.34. The number of carbonyl (C=O) groups is 6. The molecule has 3 aliphatic rings. The molecule has 0 aromatic heterocycles. The Morgan fingerprint density at radius 1 is 0.407 bits per heavy atom. The van der Waals surface area contributed by atoms with Gasteiger partial charge in [-0.15, -0.1) is 0 Å². The van der Waals surface area contributed by atoms with Crippen LogP contribution in [0.3, 0.4) is 0 Å². The van der Waals surface area contributed by atoms with E-state index in [1.165, 1.54) is 19.3 Å². The largest absolute Gasteiger partial charge is 0.497 e. The van der Waals surface area contributed by atoms with Crippen molar-refractivity contribution >= 4 is 53.9 Å². The van der Waals surface area contributed by atoms with Gasteiger partial charge in [0.2, 0.25) is 17.7 Å². The monoisotopic (exact) mass is 1190 g/mol. The first-order valence-electron chi connectivity index (χ1n) is 31.7. The van der Waals surface area contributed by atoms with Crippen molar-refractivity contribution in [2.75, 3.05) is 59.6 Å². The van der Waals surface area contributed by atoms with Crippen molar-refractivity contribution in [3.8, 4) is 17.2 Å². The zero-order valence-corrected chi connectivity index (χ0v) is 54.1. The van der Waals surface area contributed by atoms with E-state index in [4.69, 9.17) is 28.4 Å². The van der Waals surface area contributed by atoms with E-state index < -0.39 is 16.2 Å². The van der Waals surface area contributed by atoms with Crippen molar-refractivity contribution in [1.82, 2.24) is 14.7 Å². The third kappa shape index (κ3) is 25.2. The first-order valence-corrected chi connectivity index (χ1v) is 31.7. The van der Waals surface area contributed by atoms with Crippen molar-refractivity contribution in [1.29, 1.82) is 0 Å². The van der Waals surface area contributed by atoms with E-state index in [0.717, 1.165) is 85.7 Å². The summed E-state index contributed by atoms with van der Waals surface area (Å²) in [6.07, 6.45) is 23.3. The molecule has 3 aromatic carbocycles. The van der Waals surface area contributed by atoms with E-state index in [9.17, 15) is 28.8 Å². The number of amides is 3. The summed E-state index contributed by atoms with van der Waals surface area (Å²) in [5, 5.41) is 0. The Morgan fingerprint density at radius 3 is 0.953 bits per heavy atom. The molecule has 0 spiro atoms. The Hall–Kier alpha value is -6.90. The van der Waals surface area contributed by atoms with Gasteiger partial charge in [-0.2, -0.15) is 0 Å². The van der Waals surface area contributed by atoms with Gasteiger partial charge in [0, 0.05) is 96.0 Å². The molecule has 15 nitrogen and oxygen atoms in total. The van der Waals surface area contributed by atoms with E-state index in [2.05, 4.69) is 13.8 Å². The molecule has 0 atom stereocenters. The lowest BCUT2D eigenvalue weighted by molar-refractivity contribution is -0.163. The highest BCUT2D eigenvalue weighted by molar-refractivity contribution is 5.93. The van der Waals surface area contributed by atoms with E-state index in [1.807, 2.05) is 157 Å². The Morgan fingerprint density at radius 2 is 0.686 bits per heavy atom. The average Bonchev–Trinajstić information content (AvgIpc) is 3.68. The van der Waals surface area contributed by atoms with Gasteiger partial charge in [0.25, 0.3) is 0 Å². The fraction of sp³-hybridized carbons (Fsp3) is 0.577. The molecular formula is C71H103N3O12. The van der Waals surface area contributed by atoms with Crippen LogP contribution in [0.5, 0.6) is 17.2 Å². The van der Waals surface area contributed by atoms with Crippen LogP contribution in [0.4, 0.5) is 0 Å². The molecule has 15 heteroatoms. The van der Waals surface area contributed by atoms with Crippen molar-refractivity contribution in [2.24, 2.45) is 16.2 Å². The van der Waals surface area contributed by atoms with Crippen molar-refractivity contribution in [2.45, 2.75) is 191 Å². The standard InChI is InChI=1S/C26H39NO4.C24H35NO4.C21H29NO4/c1-5-7-8-9-20-30-22-13-10-21(11-14-22)12-15-24(28)27-18-16-23(17-19-27)31-25(29)26(3,4)6-2;1-5-7-18-28-20-11-8-19(9-12-20)10-13-22(26)25-16-14-21(15-17-25)29-23(27)24(3,4)6-2;1-5-21(2,3)20(24)26-18-12-14-22(15-13-18)19(23)11-8-16-6-9-17(25-4)10-7-16/h10-15,23H,5-9,16-20H2,1-4H3;8-13,21H,5-7,14-18H2,1-4H3;6-11,18H,5,12-15H2,1-4H3/b15-12+;13-10+;11-8+. The van der Waals surface area contributed by atoms with Crippen LogP contribution in [0.15, 0.2) is 91.0 Å². The lowest BCUT2D eigenvalue weighted by Crippen LogP contribution is -2.42. The molecule has 0 N–H and O–H groups in total. The molecule has 0 unspecified atom stereocenters. The first kappa shape index (κ1) is 71.6. The summed E-state index contributed by atoms with van der Waals surface area (Å²) < 4.78 is 33.5. The van der Waals surface area contributed by atoms with Crippen molar-refractivity contribution < 1.29 is 57.2 Å². The number of hydrogen-bond donors (Lipinski definition) is 0. The van der Waals surface area contributed by atoms with Crippen LogP contribution in [0, 0.1) is 16.2 Å². The number of hydrogen-bond acceptors (Lipinski definition) is 12. The van der Waals surface area contributed by atoms with Crippen LogP contribution >= 0.6 is 0 Å². The molecule has 0 aliphatic carbocycles. The molecular weight excluding hydrogens is 1090 g/mol. The number of carbonyl (C=O) groups excluding carboxylic acids is 6. The molecule has 0 radical (unpaired) electrons. The van der Waals surface area contributed by atoms with Gasteiger partial charge >= 0.3 is 17.9 Å². The minimum atomic E-state index is -0.453. The molecule has 0 bridgehead atoms. The van der Waals surface area contributed by atoms with Gasteiger partial charge in [-0.05, 0) is 145 Å². The van der Waals surface area contributed by atoms with Crippen LogP contribution in [-0.2, 0) is 43.0 Å². The van der Waals surface area contributed by atoms with Gasteiger partial charge in [-0.1, -0.05) is 96.7 Å². The Kier molecular flexibility index (Phi) is 30.7. The van der Waals surface area contributed by atoms with Gasteiger partial charge in [0.15, 0.2) is 0 Å². The number of nitrogens with zero attached hydrogens (tertiary/aromatic N) is 3. The molecule has 3 aliphatic heterocycles. The predicted molar refractivity (Wildman–Crippen MR) is 342 cm³/mol. The maximum absolute atomic E-state index is 12.5. The third-order valence-corrected chi connectivity index (χ3v) is 16.6. The number of unbranched alkanes of at least 4 members (excludes halogenated alkanes) is 4. The highest BCUT2D eigenvalue weighted by Crippen LogP contribution is 2.28. The maximum Gasteiger partial charge on any atom is 0.311 e. The Balaban J connectivity index is 0.000000277. The highest BCUT2D eigenvalue weighted by atomic mass is 16.6. The second-order valence-electron chi connectivity index (χ2n) is 24.5. The van der Waals surface area contributed by atoms with Gasteiger partial charge in [0.1, 0.15) is 35.6 Å². The van der Waals surface area contributed by atoms with Gasteiger partial charge in [0.05, 0.1) is 36.6 Å². The smallest absolute Gasteiger partial charge is 0.311 e. The average molecular weight is 1190 g/mol. The predicted octanol–water partition coefficient (Wildman–Crippen LogP) is 14.2. The van der Waals surface area contributed by atoms with Crippen molar-refractivity contribution in [3.63, 3.8) is 0 Å². The van der Waals surface area contributed by atoms with Crippen LogP contribution in [0.2, 0.25) is 0 Å². The molecule has 3 saturated heterocycles. The molecule has 3 fully saturated rings. The summed E-state index contributed by atoms with van der Waals surface area (Å²) >= 11 is 0. The van der Waals surface area contributed by atoms with Crippen LogP contribution in [-0.4, -0.2) is 128 Å². The molecule has 0 saturated carbocycles. The number of ether oxygens (including phenoxy) is 6. The third-order valence-electron chi connectivity index (χ3n) is 16.6. The molecule has 3 heterocycles. The topological polar surface area (TPSA) is 168 Å². The summed E-state index contributed by atoms with van der Waals surface area (Å²) in [5.74, 6) is 2.04. The van der Waals surface area contributed by atoms with E-state index >= 15 is 0 Å².